The number of sulfone groups is 1. The van der Waals surface area contributed by atoms with E-state index in [1.807, 2.05) is 13.8 Å². The SMILES string of the molecule is CC(C)(CCCO)CNC(=O)CS(C)(=O)=O. The summed E-state index contributed by atoms with van der Waals surface area (Å²) in [7, 11) is -3.26. The molecule has 0 fully saturated rings. The smallest absolute Gasteiger partial charge is 0.235 e. The predicted octanol–water partition coefficient (Wildman–Crippen LogP) is -0.0541. The maximum Gasteiger partial charge on any atom is 0.235 e. The fourth-order valence-electron chi connectivity index (χ4n) is 1.27. The van der Waals surface area contributed by atoms with E-state index in [1.54, 1.807) is 0 Å². The molecule has 0 aromatic heterocycles. The molecule has 0 heterocycles. The van der Waals surface area contributed by atoms with Gasteiger partial charge in [0.05, 0.1) is 0 Å². The molecule has 0 aliphatic rings. The van der Waals surface area contributed by atoms with Gasteiger partial charge in [-0.05, 0) is 18.3 Å². The van der Waals surface area contributed by atoms with Crippen LogP contribution in [0.4, 0.5) is 0 Å². The number of nitrogens with one attached hydrogen (secondary N) is 1. The molecule has 0 aromatic rings. The lowest BCUT2D eigenvalue weighted by molar-refractivity contribution is -0.119. The second kappa shape index (κ2) is 6.20. The molecule has 5 nitrogen and oxygen atoms in total. The summed E-state index contributed by atoms with van der Waals surface area (Å²) < 4.78 is 21.7. The van der Waals surface area contributed by atoms with E-state index in [9.17, 15) is 13.2 Å². The molecule has 0 unspecified atom stereocenters. The van der Waals surface area contributed by atoms with E-state index in [-0.39, 0.29) is 12.0 Å². The van der Waals surface area contributed by atoms with Crippen LogP contribution in [0, 0.1) is 5.41 Å². The van der Waals surface area contributed by atoms with E-state index in [0.717, 1.165) is 12.7 Å². The van der Waals surface area contributed by atoms with Crippen molar-refractivity contribution in [1.29, 1.82) is 0 Å². The van der Waals surface area contributed by atoms with Crippen LogP contribution in [0.3, 0.4) is 0 Å². The van der Waals surface area contributed by atoms with E-state index < -0.39 is 21.5 Å². The number of aliphatic hydroxyl groups is 1. The molecule has 0 atom stereocenters. The van der Waals surface area contributed by atoms with Gasteiger partial charge in [-0.15, -0.1) is 0 Å². The Morgan fingerprint density at radius 1 is 1.38 bits per heavy atom. The van der Waals surface area contributed by atoms with Crippen LogP contribution in [-0.4, -0.2) is 44.6 Å². The van der Waals surface area contributed by atoms with Gasteiger partial charge in [-0.1, -0.05) is 13.8 Å². The fourth-order valence-corrected chi connectivity index (χ4v) is 1.85. The quantitative estimate of drug-likeness (QED) is 0.664. The maximum absolute atomic E-state index is 11.2. The van der Waals surface area contributed by atoms with Crippen molar-refractivity contribution >= 4 is 15.7 Å². The Bertz CT molecular complexity index is 322. The van der Waals surface area contributed by atoms with Crippen molar-refractivity contribution in [1.82, 2.24) is 5.32 Å². The average Bonchev–Trinajstić information content (AvgIpc) is 2.09. The molecule has 0 saturated heterocycles. The van der Waals surface area contributed by atoms with Gasteiger partial charge in [-0.25, -0.2) is 8.42 Å². The lowest BCUT2D eigenvalue weighted by Gasteiger charge is -2.24. The molecule has 0 spiro atoms. The van der Waals surface area contributed by atoms with Crippen LogP contribution >= 0.6 is 0 Å². The van der Waals surface area contributed by atoms with Crippen LogP contribution in [-0.2, 0) is 14.6 Å². The highest BCUT2D eigenvalue weighted by Gasteiger charge is 2.19. The molecule has 2 N–H and O–H groups in total. The molecule has 6 heteroatoms. The Balaban J connectivity index is 4.00. The molecule has 96 valence electrons. The van der Waals surface area contributed by atoms with Gasteiger partial charge in [0.1, 0.15) is 5.75 Å². The Hall–Kier alpha value is -0.620. The van der Waals surface area contributed by atoms with Gasteiger partial charge in [0.2, 0.25) is 5.91 Å². The molecule has 0 rings (SSSR count). The molecule has 0 saturated carbocycles. The summed E-state index contributed by atoms with van der Waals surface area (Å²) in [6.07, 6.45) is 2.49. The van der Waals surface area contributed by atoms with Gasteiger partial charge in [-0.2, -0.15) is 0 Å². The number of aliphatic hydroxyl groups excluding tert-OH is 1. The Morgan fingerprint density at radius 2 is 1.94 bits per heavy atom. The minimum atomic E-state index is -3.26. The number of carbonyl (C=O) groups is 1. The van der Waals surface area contributed by atoms with E-state index in [0.29, 0.717) is 13.0 Å². The third kappa shape index (κ3) is 8.67. The first kappa shape index (κ1) is 15.4. The number of carbonyl (C=O) groups excluding carboxylic acids is 1. The van der Waals surface area contributed by atoms with Gasteiger partial charge >= 0.3 is 0 Å². The third-order valence-electron chi connectivity index (χ3n) is 2.17. The lowest BCUT2D eigenvalue weighted by Crippen LogP contribution is -2.37. The van der Waals surface area contributed by atoms with Crippen molar-refractivity contribution in [2.24, 2.45) is 5.41 Å². The normalized spacial score (nSPS) is 12.5. The highest BCUT2D eigenvalue weighted by atomic mass is 32.2. The highest BCUT2D eigenvalue weighted by Crippen LogP contribution is 2.20. The van der Waals surface area contributed by atoms with Crippen LogP contribution < -0.4 is 5.32 Å². The minimum Gasteiger partial charge on any atom is -0.396 e. The monoisotopic (exact) mass is 251 g/mol. The van der Waals surface area contributed by atoms with Crippen LogP contribution in [0.1, 0.15) is 26.7 Å². The van der Waals surface area contributed by atoms with Crippen molar-refractivity contribution in [2.75, 3.05) is 25.2 Å². The zero-order valence-electron chi connectivity index (χ0n) is 10.1. The Kier molecular flexibility index (Phi) is 5.96. The molecule has 0 radical (unpaired) electrons. The average molecular weight is 251 g/mol. The number of rotatable bonds is 7. The standard InChI is InChI=1S/C10H21NO4S/c1-10(2,5-4-6-12)8-11-9(13)7-16(3,14)15/h12H,4-8H2,1-3H3,(H,11,13). The van der Waals surface area contributed by atoms with Crippen molar-refractivity contribution < 1.29 is 18.3 Å². The van der Waals surface area contributed by atoms with Gasteiger partial charge in [0.25, 0.3) is 0 Å². The second-order valence-electron chi connectivity index (χ2n) is 4.84. The summed E-state index contributed by atoms with van der Waals surface area (Å²) in [5, 5.41) is 11.3. The highest BCUT2D eigenvalue weighted by molar-refractivity contribution is 7.91. The maximum atomic E-state index is 11.2. The fraction of sp³-hybridized carbons (Fsp3) is 0.900. The van der Waals surface area contributed by atoms with Crippen molar-refractivity contribution in [2.45, 2.75) is 26.7 Å². The molecule has 16 heavy (non-hydrogen) atoms. The van der Waals surface area contributed by atoms with E-state index in [2.05, 4.69) is 5.32 Å². The van der Waals surface area contributed by atoms with Crippen molar-refractivity contribution in [3.05, 3.63) is 0 Å². The summed E-state index contributed by atoms with van der Waals surface area (Å²) in [4.78, 5) is 11.2. The van der Waals surface area contributed by atoms with Crippen molar-refractivity contribution in [3.63, 3.8) is 0 Å². The second-order valence-corrected chi connectivity index (χ2v) is 6.98. The molecule has 0 aliphatic heterocycles. The summed E-state index contributed by atoms with van der Waals surface area (Å²) in [5.74, 6) is -0.942. The summed E-state index contributed by atoms with van der Waals surface area (Å²) in [6.45, 7) is 4.47. The van der Waals surface area contributed by atoms with E-state index >= 15 is 0 Å². The number of hydrogen-bond acceptors (Lipinski definition) is 4. The molecular formula is C10H21NO4S. The first-order valence-corrected chi connectivity index (χ1v) is 7.28. The number of amides is 1. The Labute approximate surface area is 97.2 Å². The molecule has 1 amide bonds. The summed E-state index contributed by atoms with van der Waals surface area (Å²) >= 11 is 0. The topological polar surface area (TPSA) is 83.5 Å². The molecule has 0 aromatic carbocycles. The Morgan fingerprint density at radius 3 is 2.38 bits per heavy atom. The third-order valence-corrected chi connectivity index (χ3v) is 2.96. The summed E-state index contributed by atoms with van der Waals surface area (Å²) in [6, 6.07) is 0. The zero-order valence-corrected chi connectivity index (χ0v) is 10.9. The van der Waals surface area contributed by atoms with Gasteiger partial charge in [0, 0.05) is 19.4 Å². The van der Waals surface area contributed by atoms with Crippen molar-refractivity contribution in [3.8, 4) is 0 Å². The predicted molar refractivity (Wildman–Crippen MR) is 62.8 cm³/mol. The van der Waals surface area contributed by atoms with Crippen LogP contribution in [0.5, 0.6) is 0 Å². The van der Waals surface area contributed by atoms with Gasteiger partial charge in [-0.3, -0.25) is 4.79 Å². The molecule has 0 bridgehead atoms. The summed E-state index contributed by atoms with van der Waals surface area (Å²) in [5.41, 5.74) is -0.129. The molecule has 0 aliphatic carbocycles. The van der Waals surface area contributed by atoms with Gasteiger partial charge < -0.3 is 10.4 Å². The zero-order chi connectivity index (χ0) is 12.8. The van der Waals surface area contributed by atoms with Crippen LogP contribution in [0.2, 0.25) is 0 Å². The van der Waals surface area contributed by atoms with Gasteiger partial charge in [0.15, 0.2) is 9.84 Å². The largest absolute Gasteiger partial charge is 0.396 e. The first-order chi connectivity index (χ1) is 7.16. The molecular weight excluding hydrogens is 230 g/mol. The minimum absolute atomic E-state index is 0.126. The van der Waals surface area contributed by atoms with E-state index in [4.69, 9.17) is 5.11 Å². The van der Waals surface area contributed by atoms with Crippen LogP contribution in [0.15, 0.2) is 0 Å². The lowest BCUT2D eigenvalue weighted by atomic mass is 9.88. The number of hydrogen-bond donors (Lipinski definition) is 2. The van der Waals surface area contributed by atoms with E-state index in [1.165, 1.54) is 0 Å². The van der Waals surface area contributed by atoms with Crippen LogP contribution in [0.25, 0.3) is 0 Å². The first-order valence-electron chi connectivity index (χ1n) is 5.21.